The molecule has 0 spiro atoms. The second-order valence-corrected chi connectivity index (χ2v) is 12.5. The highest BCUT2D eigenvalue weighted by Crippen LogP contribution is 2.42. The number of nitrogens with zero attached hydrogens (tertiary/aromatic N) is 1. The molecule has 3 aromatic carbocycles. The van der Waals surface area contributed by atoms with E-state index in [2.05, 4.69) is 17.1 Å². The van der Waals surface area contributed by atoms with Gasteiger partial charge in [0.25, 0.3) is 5.91 Å². The highest BCUT2D eigenvalue weighted by Gasteiger charge is 2.42. The zero-order valence-electron chi connectivity index (χ0n) is 25.4. The molecule has 3 aromatic rings. The third kappa shape index (κ3) is 7.70. The van der Waals surface area contributed by atoms with E-state index in [1.807, 2.05) is 87.5 Å². The standard InChI is InChI=1S/C35H42N2O6/c1-23-30(21-37-19-9-14-29(37)33(40)43-35(2,3)4)41-34(42-31(23)25-17-15-24(22-38)16-18-25)27-12-8-13-28(20-27)36-32(39)26-10-6-5-7-11-26/h5-8,10-13,15-18,20,23,29-31,34,38H,9,14,19,21-22H2,1-4H3,(H,36,39)/t23-,29-,30+,31+,34+/m0/s1. The molecule has 0 saturated carbocycles. The van der Waals surface area contributed by atoms with Gasteiger partial charge >= 0.3 is 5.97 Å². The number of benzene rings is 3. The van der Waals surface area contributed by atoms with Gasteiger partial charge in [0.05, 0.1) is 18.8 Å². The molecule has 5 rings (SSSR count). The van der Waals surface area contributed by atoms with E-state index < -0.39 is 11.9 Å². The largest absolute Gasteiger partial charge is 0.459 e. The summed E-state index contributed by atoms with van der Waals surface area (Å²) in [4.78, 5) is 28.1. The predicted octanol–water partition coefficient (Wildman–Crippen LogP) is 6.03. The van der Waals surface area contributed by atoms with Gasteiger partial charge in [0, 0.05) is 29.3 Å². The van der Waals surface area contributed by atoms with Crippen LogP contribution in [0.2, 0.25) is 0 Å². The first kappa shape index (κ1) is 30.9. The smallest absolute Gasteiger partial charge is 0.323 e. The Labute approximate surface area is 254 Å². The number of aliphatic hydroxyl groups excluding tert-OH is 1. The summed E-state index contributed by atoms with van der Waals surface area (Å²) < 4.78 is 19.0. The van der Waals surface area contributed by atoms with Gasteiger partial charge in [-0.1, -0.05) is 61.5 Å². The van der Waals surface area contributed by atoms with Gasteiger partial charge in [-0.15, -0.1) is 0 Å². The van der Waals surface area contributed by atoms with Crippen LogP contribution < -0.4 is 5.32 Å². The van der Waals surface area contributed by atoms with Crippen molar-refractivity contribution >= 4 is 17.6 Å². The average Bonchev–Trinajstić information content (AvgIpc) is 3.46. The van der Waals surface area contributed by atoms with E-state index in [9.17, 15) is 14.7 Å². The number of amides is 1. The van der Waals surface area contributed by atoms with Crippen molar-refractivity contribution in [3.05, 3.63) is 101 Å². The number of esters is 1. The third-order valence-electron chi connectivity index (χ3n) is 8.03. The van der Waals surface area contributed by atoms with Crippen LogP contribution in [0, 0.1) is 5.92 Å². The summed E-state index contributed by atoms with van der Waals surface area (Å²) >= 11 is 0. The highest BCUT2D eigenvalue weighted by atomic mass is 16.7. The molecule has 0 aliphatic carbocycles. The Balaban J connectivity index is 1.39. The van der Waals surface area contributed by atoms with Crippen molar-refractivity contribution in [2.75, 3.05) is 18.4 Å². The van der Waals surface area contributed by atoms with Crippen molar-refractivity contribution in [2.24, 2.45) is 5.92 Å². The van der Waals surface area contributed by atoms with Crippen molar-refractivity contribution in [3.63, 3.8) is 0 Å². The zero-order chi connectivity index (χ0) is 30.6. The van der Waals surface area contributed by atoms with Crippen molar-refractivity contribution in [1.82, 2.24) is 4.90 Å². The topological polar surface area (TPSA) is 97.3 Å². The van der Waals surface area contributed by atoms with Crippen LogP contribution in [-0.4, -0.2) is 52.7 Å². The molecule has 228 valence electrons. The van der Waals surface area contributed by atoms with Crippen LogP contribution in [0.15, 0.2) is 78.9 Å². The molecule has 2 saturated heterocycles. The summed E-state index contributed by atoms with van der Waals surface area (Å²) in [6.07, 6.45) is 0.444. The fourth-order valence-corrected chi connectivity index (χ4v) is 5.80. The van der Waals surface area contributed by atoms with Gasteiger partial charge in [-0.25, -0.2) is 0 Å². The van der Waals surface area contributed by atoms with E-state index in [0.29, 0.717) is 17.8 Å². The zero-order valence-corrected chi connectivity index (χ0v) is 25.4. The number of likely N-dealkylation sites (tertiary alicyclic amines) is 1. The fraction of sp³-hybridized carbons (Fsp3) is 0.429. The molecule has 43 heavy (non-hydrogen) atoms. The Hall–Kier alpha value is -3.56. The molecule has 2 fully saturated rings. The van der Waals surface area contributed by atoms with Crippen molar-refractivity contribution < 1.29 is 28.9 Å². The Bertz CT molecular complexity index is 1390. The van der Waals surface area contributed by atoms with Crippen LogP contribution in [-0.2, 0) is 25.6 Å². The molecule has 0 radical (unpaired) electrons. The summed E-state index contributed by atoms with van der Waals surface area (Å²) in [6, 6.07) is 24.1. The molecule has 1 amide bonds. The molecule has 2 heterocycles. The van der Waals surface area contributed by atoms with E-state index >= 15 is 0 Å². The third-order valence-corrected chi connectivity index (χ3v) is 8.03. The van der Waals surface area contributed by atoms with Crippen LogP contribution >= 0.6 is 0 Å². The van der Waals surface area contributed by atoms with Crippen LogP contribution in [0.1, 0.15) is 80.0 Å². The van der Waals surface area contributed by atoms with Gasteiger partial charge in [-0.3, -0.25) is 14.5 Å². The first-order valence-corrected chi connectivity index (χ1v) is 15.0. The van der Waals surface area contributed by atoms with Gasteiger partial charge in [-0.2, -0.15) is 0 Å². The second kappa shape index (κ2) is 13.4. The maximum atomic E-state index is 13.1. The number of ether oxygens (including phenoxy) is 3. The number of carbonyl (C=O) groups excluding carboxylic acids is 2. The minimum atomic E-state index is -0.695. The Morgan fingerprint density at radius 1 is 0.977 bits per heavy atom. The first-order chi connectivity index (χ1) is 20.6. The van der Waals surface area contributed by atoms with E-state index in [0.717, 1.165) is 36.1 Å². The molecular formula is C35H42N2O6. The van der Waals surface area contributed by atoms with E-state index in [4.69, 9.17) is 14.2 Å². The predicted molar refractivity (Wildman–Crippen MR) is 164 cm³/mol. The van der Waals surface area contributed by atoms with E-state index in [1.54, 1.807) is 12.1 Å². The average molecular weight is 587 g/mol. The summed E-state index contributed by atoms with van der Waals surface area (Å²) in [5, 5.41) is 12.5. The molecular weight excluding hydrogens is 544 g/mol. The molecule has 2 aliphatic heterocycles. The molecule has 8 nitrogen and oxygen atoms in total. The lowest BCUT2D eigenvalue weighted by Crippen LogP contribution is -2.48. The van der Waals surface area contributed by atoms with Gasteiger partial charge < -0.3 is 24.6 Å². The summed E-state index contributed by atoms with van der Waals surface area (Å²) in [7, 11) is 0. The number of anilines is 1. The van der Waals surface area contributed by atoms with Gasteiger partial charge in [0.1, 0.15) is 11.6 Å². The lowest BCUT2D eigenvalue weighted by atomic mass is 9.90. The normalized spacial score (nSPS) is 24.4. The van der Waals surface area contributed by atoms with Crippen LogP contribution in [0.25, 0.3) is 0 Å². The Kier molecular flexibility index (Phi) is 9.62. The fourth-order valence-electron chi connectivity index (χ4n) is 5.80. The molecule has 2 aliphatic rings. The first-order valence-electron chi connectivity index (χ1n) is 15.0. The van der Waals surface area contributed by atoms with Crippen molar-refractivity contribution in [2.45, 2.75) is 77.3 Å². The quantitative estimate of drug-likeness (QED) is 0.311. The number of hydrogen-bond donors (Lipinski definition) is 2. The van der Waals surface area contributed by atoms with Crippen molar-refractivity contribution in [3.8, 4) is 0 Å². The Morgan fingerprint density at radius 3 is 2.42 bits per heavy atom. The summed E-state index contributed by atoms with van der Waals surface area (Å²) in [6.45, 7) is 9.10. The summed E-state index contributed by atoms with van der Waals surface area (Å²) in [5.74, 6) is -0.421. The van der Waals surface area contributed by atoms with Gasteiger partial charge in [-0.05, 0) is 75.5 Å². The molecule has 0 unspecified atom stereocenters. The molecule has 8 heteroatoms. The summed E-state index contributed by atoms with van der Waals surface area (Å²) in [5.41, 5.74) is 3.26. The van der Waals surface area contributed by atoms with E-state index in [-0.39, 0.29) is 42.7 Å². The molecule has 5 atom stereocenters. The van der Waals surface area contributed by atoms with Crippen LogP contribution in [0.3, 0.4) is 0 Å². The maximum absolute atomic E-state index is 13.1. The van der Waals surface area contributed by atoms with Gasteiger partial charge in [0.2, 0.25) is 0 Å². The van der Waals surface area contributed by atoms with Gasteiger partial charge in [0.15, 0.2) is 6.29 Å². The minimum absolute atomic E-state index is 0.0295. The molecule has 0 aromatic heterocycles. The number of hydrogen-bond acceptors (Lipinski definition) is 7. The number of carbonyl (C=O) groups is 2. The van der Waals surface area contributed by atoms with Crippen molar-refractivity contribution in [1.29, 1.82) is 0 Å². The Morgan fingerprint density at radius 2 is 1.72 bits per heavy atom. The lowest BCUT2D eigenvalue weighted by molar-refractivity contribution is -0.276. The SMILES string of the molecule is C[C@H]1[C@@H](CN2CCC[C@H]2C(=O)OC(C)(C)C)O[C@@H](c2cccc(NC(=O)c3ccccc3)c2)O[C@H]1c1ccc(CO)cc1. The minimum Gasteiger partial charge on any atom is -0.459 e. The van der Waals surface area contributed by atoms with E-state index in [1.165, 1.54) is 0 Å². The number of aliphatic hydroxyl groups is 1. The lowest BCUT2D eigenvalue weighted by Gasteiger charge is -2.43. The molecule has 0 bridgehead atoms. The van der Waals surface area contributed by atoms with Crippen LogP contribution in [0.5, 0.6) is 0 Å². The number of nitrogens with one attached hydrogen (secondary N) is 1. The molecule has 2 N–H and O–H groups in total. The van der Waals surface area contributed by atoms with Crippen LogP contribution in [0.4, 0.5) is 5.69 Å². The highest BCUT2D eigenvalue weighted by molar-refractivity contribution is 6.04. The monoisotopic (exact) mass is 586 g/mol. The number of rotatable bonds is 8. The maximum Gasteiger partial charge on any atom is 0.323 e. The second-order valence-electron chi connectivity index (χ2n) is 12.5.